The number of piperidine rings is 2. The molecule has 4 aliphatic heterocycles. The molecule has 4 aromatic rings. The lowest BCUT2D eigenvalue weighted by molar-refractivity contribution is -0.136. The Balaban J connectivity index is 0.802. The van der Waals surface area contributed by atoms with Gasteiger partial charge in [0.25, 0.3) is 11.8 Å². The number of sulfonamides is 1. The van der Waals surface area contributed by atoms with E-state index in [1.165, 1.54) is 17.5 Å². The van der Waals surface area contributed by atoms with E-state index in [0.29, 0.717) is 53.8 Å². The summed E-state index contributed by atoms with van der Waals surface area (Å²) in [6.45, 7) is 5.73. The molecule has 0 bridgehead atoms. The van der Waals surface area contributed by atoms with Crippen molar-refractivity contribution < 1.29 is 37.1 Å². The summed E-state index contributed by atoms with van der Waals surface area (Å²) < 4.78 is 31.5. The molecule has 1 aromatic heterocycles. The summed E-state index contributed by atoms with van der Waals surface area (Å²) in [7, 11) is -0.441. The fraction of sp³-hybridized carbons (Fsp3) is 0.400. The topological polar surface area (TPSA) is 207 Å². The third-order valence-corrected chi connectivity index (χ3v) is 14.0. The number of carbonyl (C=O) groups is 5. The zero-order valence-corrected chi connectivity index (χ0v) is 38.0. The number of halogens is 1. The number of nitrogens with zero attached hydrogens (tertiary/aromatic N) is 7. The van der Waals surface area contributed by atoms with Crippen LogP contribution in [0, 0.1) is 5.92 Å². The minimum Gasteiger partial charge on any atom is -0.494 e. The monoisotopic (exact) mass is 926 g/mol. The Hall–Kier alpha value is -6.31. The molecular formula is C45H51ClN10O8S. The number of rotatable bonds is 14. The van der Waals surface area contributed by atoms with Gasteiger partial charge in [0.2, 0.25) is 33.7 Å². The third-order valence-electron chi connectivity index (χ3n) is 12.6. The number of aryl methyl sites for hydroxylation is 1. The SMILES string of the molecule is COc1cc(N2CCN(CC3CCN(C(=O)CCc4cccc5c4C(=O)N(C4CCC(=O)NC4=O)C5=O)CC3)CC2)ccc1Nc1ncc(Cl)c(Nc2ccccc2N(C)S(C)(=O)=O)n1. The summed E-state index contributed by atoms with van der Waals surface area (Å²) in [6.07, 6.45) is 5.01. The van der Waals surface area contributed by atoms with E-state index in [-0.39, 0.29) is 53.1 Å². The smallest absolute Gasteiger partial charge is 0.262 e. The van der Waals surface area contributed by atoms with Crippen molar-refractivity contribution in [2.24, 2.45) is 5.92 Å². The van der Waals surface area contributed by atoms with Crippen molar-refractivity contribution in [3.63, 3.8) is 0 Å². The predicted molar refractivity (Wildman–Crippen MR) is 246 cm³/mol. The Kier molecular flexibility index (Phi) is 13.3. The van der Waals surface area contributed by atoms with Crippen LogP contribution in [0.1, 0.15) is 58.4 Å². The largest absolute Gasteiger partial charge is 0.494 e. The van der Waals surface area contributed by atoms with Crippen LogP contribution in [0.4, 0.5) is 34.5 Å². The Morgan fingerprint density at radius 1 is 0.923 bits per heavy atom. The number of hydrogen-bond donors (Lipinski definition) is 3. The quantitative estimate of drug-likeness (QED) is 0.150. The molecule has 5 heterocycles. The number of para-hydroxylation sites is 2. The Morgan fingerprint density at radius 2 is 1.68 bits per heavy atom. The molecule has 5 amide bonds. The molecule has 65 heavy (non-hydrogen) atoms. The first-order valence-electron chi connectivity index (χ1n) is 21.5. The number of likely N-dealkylation sites (tertiary alicyclic amines) is 1. The maximum Gasteiger partial charge on any atom is 0.262 e. The van der Waals surface area contributed by atoms with Crippen LogP contribution in [-0.4, -0.2) is 135 Å². The number of imide groups is 2. The van der Waals surface area contributed by atoms with Gasteiger partial charge in [0, 0.05) is 77.5 Å². The number of aromatic nitrogens is 2. The van der Waals surface area contributed by atoms with Crippen molar-refractivity contribution in [3.05, 3.63) is 88.6 Å². The van der Waals surface area contributed by atoms with Crippen LogP contribution >= 0.6 is 11.6 Å². The number of ether oxygens (including phenoxy) is 1. The fourth-order valence-corrected chi connectivity index (χ4v) is 9.54. The molecule has 20 heteroatoms. The molecule has 3 aromatic carbocycles. The van der Waals surface area contributed by atoms with Crippen LogP contribution in [0.25, 0.3) is 0 Å². The maximum atomic E-state index is 13.5. The van der Waals surface area contributed by atoms with Crippen molar-refractivity contribution in [2.75, 3.05) is 86.1 Å². The molecule has 4 aliphatic rings. The Morgan fingerprint density at radius 3 is 2.40 bits per heavy atom. The summed E-state index contributed by atoms with van der Waals surface area (Å²) >= 11 is 6.47. The minimum atomic E-state index is -3.52. The molecule has 1 atom stereocenters. The first-order chi connectivity index (χ1) is 31.2. The van der Waals surface area contributed by atoms with Crippen LogP contribution in [0.15, 0.2) is 66.9 Å². The molecule has 0 aliphatic carbocycles. The average Bonchev–Trinajstić information content (AvgIpc) is 3.55. The lowest BCUT2D eigenvalue weighted by atomic mass is 9.95. The summed E-state index contributed by atoms with van der Waals surface area (Å²) in [5.41, 5.74) is 3.65. The summed E-state index contributed by atoms with van der Waals surface area (Å²) in [5, 5.41) is 8.84. The molecular weight excluding hydrogens is 876 g/mol. The number of hydrogen-bond acceptors (Lipinski definition) is 14. The average molecular weight is 927 g/mol. The lowest BCUT2D eigenvalue weighted by Gasteiger charge is -2.39. The van der Waals surface area contributed by atoms with Crippen LogP contribution in [0.5, 0.6) is 5.75 Å². The number of piperazine rings is 1. The highest BCUT2D eigenvalue weighted by atomic mass is 35.5. The zero-order valence-electron chi connectivity index (χ0n) is 36.4. The predicted octanol–water partition coefficient (Wildman–Crippen LogP) is 4.42. The maximum absolute atomic E-state index is 13.5. The van der Waals surface area contributed by atoms with Gasteiger partial charge in [-0.1, -0.05) is 35.9 Å². The van der Waals surface area contributed by atoms with Crippen LogP contribution < -0.4 is 29.9 Å². The van der Waals surface area contributed by atoms with Gasteiger partial charge in [-0.2, -0.15) is 4.98 Å². The van der Waals surface area contributed by atoms with Crippen molar-refractivity contribution in [2.45, 2.75) is 44.6 Å². The van der Waals surface area contributed by atoms with Gasteiger partial charge in [0.05, 0.1) is 47.8 Å². The van der Waals surface area contributed by atoms with Crippen LogP contribution in [0.3, 0.4) is 0 Å². The lowest BCUT2D eigenvalue weighted by Crippen LogP contribution is -2.54. The van der Waals surface area contributed by atoms with Crippen molar-refractivity contribution in [3.8, 4) is 5.75 Å². The molecule has 3 fully saturated rings. The van der Waals surface area contributed by atoms with Crippen molar-refractivity contribution in [1.82, 2.24) is 30.0 Å². The zero-order chi connectivity index (χ0) is 46.0. The molecule has 8 rings (SSSR count). The standard InChI is InChI=1S/C45H51ClN10O8S/c1-52(65(3,62)63)35-10-5-4-9-33(35)48-41-32(46)26-47-45(51-41)49-34-13-12-30(25-37(34)64-2)54-23-21-53(22-24-54)27-28-17-19-55(20-18-28)39(58)16-11-29-7-6-8-31-40(29)44(61)56(43(31)60)36-14-15-38(57)50-42(36)59/h4-10,12-13,25-26,28,36H,11,14-24,27H2,1-3H3,(H,50,57,59)(H2,47,48,49,51). The number of carbonyl (C=O) groups excluding carboxylic acids is 5. The Bertz CT molecular complexity index is 2630. The number of amides is 5. The van der Waals surface area contributed by atoms with Gasteiger partial charge >= 0.3 is 0 Å². The molecule has 1 unspecified atom stereocenters. The highest BCUT2D eigenvalue weighted by Gasteiger charge is 2.45. The van der Waals surface area contributed by atoms with E-state index in [1.54, 1.807) is 49.6 Å². The highest BCUT2D eigenvalue weighted by Crippen LogP contribution is 2.36. The van der Waals surface area contributed by atoms with Gasteiger partial charge in [-0.3, -0.25) is 43.4 Å². The van der Waals surface area contributed by atoms with Gasteiger partial charge in [-0.25, -0.2) is 13.4 Å². The molecule has 0 saturated carbocycles. The summed E-state index contributed by atoms with van der Waals surface area (Å²) in [4.78, 5) is 80.9. The van der Waals surface area contributed by atoms with Gasteiger partial charge in [-0.15, -0.1) is 0 Å². The first-order valence-corrected chi connectivity index (χ1v) is 23.8. The minimum absolute atomic E-state index is 0.00548. The second kappa shape index (κ2) is 19.0. The molecule has 3 N–H and O–H groups in total. The molecule has 3 saturated heterocycles. The molecule has 342 valence electrons. The Labute approximate surface area is 382 Å². The third kappa shape index (κ3) is 9.86. The van der Waals surface area contributed by atoms with Crippen molar-refractivity contribution in [1.29, 1.82) is 0 Å². The molecule has 0 radical (unpaired) electrons. The van der Waals surface area contributed by atoms with Crippen molar-refractivity contribution >= 4 is 85.7 Å². The fourth-order valence-electron chi connectivity index (χ4n) is 8.89. The molecule has 18 nitrogen and oxygen atoms in total. The summed E-state index contributed by atoms with van der Waals surface area (Å²) in [6, 6.07) is 16.8. The normalized spacial score (nSPS) is 18.4. The van der Waals surface area contributed by atoms with E-state index < -0.39 is 39.7 Å². The number of fused-ring (bicyclic) bond motifs is 1. The van der Waals surface area contributed by atoms with E-state index in [4.69, 9.17) is 16.3 Å². The van der Waals surface area contributed by atoms with E-state index in [2.05, 4.69) is 35.7 Å². The van der Waals surface area contributed by atoms with E-state index in [1.807, 2.05) is 23.1 Å². The van der Waals surface area contributed by atoms with E-state index in [0.717, 1.165) is 62.4 Å². The number of methoxy groups -OCH3 is 1. The second-order valence-corrected chi connectivity index (χ2v) is 19.1. The highest BCUT2D eigenvalue weighted by molar-refractivity contribution is 7.92. The number of anilines is 6. The van der Waals surface area contributed by atoms with E-state index in [9.17, 15) is 32.4 Å². The number of nitrogens with one attached hydrogen (secondary N) is 3. The van der Waals surface area contributed by atoms with Gasteiger partial charge in [0.15, 0.2) is 5.82 Å². The van der Waals surface area contributed by atoms with E-state index >= 15 is 0 Å². The second-order valence-electron chi connectivity index (χ2n) is 16.7. The van der Waals surface area contributed by atoms with Gasteiger partial charge < -0.3 is 25.2 Å². The van der Waals surface area contributed by atoms with Crippen LogP contribution in [-0.2, 0) is 30.8 Å². The van der Waals surface area contributed by atoms with Gasteiger partial charge in [-0.05, 0) is 67.5 Å². The first kappa shape index (κ1) is 45.3. The number of benzene rings is 3. The molecule has 0 spiro atoms. The van der Waals surface area contributed by atoms with Crippen LogP contribution in [0.2, 0.25) is 5.02 Å². The van der Waals surface area contributed by atoms with Gasteiger partial charge in [0.1, 0.15) is 16.8 Å². The summed E-state index contributed by atoms with van der Waals surface area (Å²) in [5.74, 6) is -0.582.